The van der Waals surface area contributed by atoms with Gasteiger partial charge in [0, 0.05) is 5.56 Å². The number of hydrogen-bond acceptors (Lipinski definition) is 1. The van der Waals surface area contributed by atoms with Gasteiger partial charge in [-0.1, -0.05) is 44.9 Å². The normalized spacial score (nSPS) is 10.6. The van der Waals surface area contributed by atoms with Crippen molar-refractivity contribution in [3.63, 3.8) is 0 Å². The van der Waals surface area contributed by atoms with Crippen LogP contribution >= 0.6 is 0 Å². The van der Waals surface area contributed by atoms with Gasteiger partial charge in [-0.15, -0.1) is 0 Å². The molecule has 0 aliphatic rings. The molecule has 0 radical (unpaired) electrons. The molecular weight excluding hydrogens is 186 g/mol. The Hall–Kier alpha value is -1.31. The molecule has 2 N–H and O–H groups in total. The molecule has 0 saturated carbocycles. The van der Waals surface area contributed by atoms with Crippen molar-refractivity contribution in [2.24, 2.45) is 11.7 Å². The van der Waals surface area contributed by atoms with E-state index in [1.54, 1.807) is 6.07 Å². The molecule has 0 saturated heterocycles. The van der Waals surface area contributed by atoms with Gasteiger partial charge < -0.3 is 5.73 Å². The van der Waals surface area contributed by atoms with Crippen LogP contribution in [0.4, 0.5) is 0 Å². The maximum atomic E-state index is 11.2. The van der Waals surface area contributed by atoms with E-state index < -0.39 is 0 Å². The van der Waals surface area contributed by atoms with Crippen LogP contribution in [0.5, 0.6) is 0 Å². The molecule has 0 aliphatic carbocycles. The average molecular weight is 205 g/mol. The van der Waals surface area contributed by atoms with Crippen LogP contribution < -0.4 is 5.73 Å². The van der Waals surface area contributed by atoms with Crippen LogP contribution in [-0.4, -0.2) is 5.91 Å². The minimum absolute atomic E-state index is 0.323. The highest BCUT2D eigenvalue weighted by atomic mass is 16.1. The lowest BCUT2D eigenvalue weighted by atomic mass is 9.92. The third-order valence-electron chi connectivity index (χ3n) is 2.95. The molecule has 0 aliphatic heterocycles. The molecule has 1 rings (SSSR count). The Labute approximate surface area is 91.5 Å². The molecule has 0 spiro atoms. The quantitative estimate of drug-likeness (QED) is 0.789. The Morgan fingerprint density at radius 1 is 1.27 bits per heavy atom. The topological polar surface area (TPSA) is 43.1 Å². The van der Waals surface area contributed by atoms with Gasteiger partial charge in [0.15, 0.2) is 0 Å². The van der Waals surface area contributed by atoms with Gasteiger partial charge in [0.05, 0.1) is 0 Å². The molecule has 0 bridgehead atoms. The number of nitrogens with two attached hydrogens (primary N) is 1. The van der Waals surface area contributed by atoms with E-state index in [4.69, 9.17) is 5.73 Å². The third kappa shape index (κ3) is 3.08. The second-order valence-electron chi connectivity index (χ2n) is 3.91. The Morgan fingerprint density at radius 2 is 1.87 bits per heavy atom. The highest BCUT2D eigenvalue weighted by molar-refractivity contribution is 5.94. The molecule has 0 aromatic heterocycles. The van der Waals surface area contributed by atoms with Crippen LogP contribution in [0, 0.1) is 5.92 Å². The molecule has 2 nitrogen and oxygen atoms in total. The number of hydrogen-bond donors (Lipinski definition) is 1. The fourth-order valence-electron chi connectivity index (χ4n) is 1.83. The van der Waals surface area contributed by atoms with Gasteiger partial charge in [-0.25, -0.2) is 0 Å². The lowest BCUT2D eigenvalue weighted by Gasteiger charge is -2.14. The summed E-state index contributed by atoms with van der Waals surface area (Å²) in [5.74, 6) is 0.321. The summed E-state index contributed by atoms with van der Waals surface area (Å²) in [5.41, 5.74) is 7.09. The fourth-order valence-corrected chi connectivity index (χ4v) is 1.83. The van der Waals surface area contributed by atoms with Crippen molar-refractivity contribution in [2.75, 3.05) is 0 Å². The summed E-state index contributed by atoms with van der Waals surface area (Å²) < 4.78 is 0. The molecule has 1 aromatic rings. The van der Waals surface area contributed by atoms with Gasteiger partial charge in [0.25, 0.3) is 0 Å². The summed E-state index contributed by atoms with van der Waals surface area (Å²) in [6, 6.07) is 7.62. The largest absolute Gasteiger partial charge is 0.366 e. The molecule has 1 amide bonds. The van der Waals surface area contributed by atoms with Crippen LogP contribution in [-0.2, 0) is 6.42 Å². The van der Waals surface area contributed by atoms with E-state index >= 15 is 0 Å². The number of benzene rings is 1. The molecule has 0 heterocycles. The predicted molar refractivity (Wildman–Crippen MR) is 62.7 cm³/mol. The van der Waals surface area contributed by atoms with E-state index in [0.717, 1.165) is 24.8 Å². The number of carbonyl (C=O) groups excluding carboxylic acids is 1. The summed E-state index contributed by atoms with van der Waals surface area (Å²) in [4.78, 5) is 11.2. The first-order valence-electron chi connectivity index (χ1n) is 5.56. The van der Waals surface area contributed by atoms with Gasteiger partial charge >= 0.3 is 0 Å². The zero-order valence-electron chi connectivity index (χ0n) is 9.49. The van der Waals surface area contributed by atoms with Crippen LogP contribution in [0.25, 0.3) is 0 Å². The maximum absolute atomic E-state index is 11.2. The van der Waals surface area contributed by atoms with Crippen molar-refractivity contribution in [3.05, 3.63) is 35.4 Å². The van der Waals surface area contributed by atoms with Gasteiger partial charge in [-0.3, -0.25) is 4.79 Å². The van der Waals surface area contributed by atoms with Crippen molar-refractivity contribution in [2.45, 2.75) is 33.1 Å². The summed E-state index contributed by atoms with van der Waals surface area (Å²) in [7, 11) is 0. The van der Waals surface area contributed by atoms with Crippen LogP contribution in [0.2, 0.25) is 0 Å². The van der Waals surface area contributed by atoms with Crippen LogP contribution in [0.1, 0.15) is 42.6 Å². The zero-order valence-corrected chi connectivity index (χ0v) is 9.49. The lowest BCUT2D eigenvalue weighted by molar-refractivity contribution is 0.0999. The van der Waals surface area contributed by atoms with Crippen molar-refractivity contribution in [1.82, 2.24) is 0 Å². The smallest absolute Gasteiger partial charge is 0.248 e. The van der Waals surface area contributed by atoms with Crippen LogP contribution in [0.3, 0.4) is 0 Å². The summed E-state index contributed by atoms with van der Waals surface area (Å²) in [6.45, 7) is 4.36. The first kappa shape index (κ1) is 11.8. The molecule has 0 atom stereocenters. The van der Waals surface area contributed by atoms with Crippen LogP contribution in [0.15, 0.2) is 24.3 Å². The molecule has 1 aromatic carbocycles. The monoisotopic (exact) mass is 205 g/mol. The third-order valence-corrected chi connectivity index (χ3v) is 2.95. The van der Waals surface area contributed by atoms with Gasteiger partial charge in [-0.05, 0) is 24.0 Å². The molecule has 2 heteroatoms. The van der Waals surface area contributed by atoms with E-state index in [0.29, 0.717) is 11.5 Å². The zero-order chi connectivity index (χ0) is 11.3. The van der Waals surface area contributed by atoms with Crippen molar-refractivity contribution >= 4 is 5.91 Å². The van der Waals surface area contributed by atoms with Crippen molar-refractivity contribution < 1.29 is 4.79 Å². The molecule has 0 fully saturated rings. The van der Waals surface area contributed by atoms with Gasteiger partial charge in [-0.2, -0.15) is 0 Å². The first-order valence-corrected chi connectivity index (χ1v) is 5.56. The highest BCUT2D eigenvalue weighted by Crippen LogP contribution is 2.18. The number of amides is 1. The maximum Gasteiger partial charge on any atom is 0.248 e. The number of primary amides is 1. The van der Waals surface area contributed by atoms with E-state index in [1.807, 2.05) is 18.2 Å². The molecule has 15 heavy (non-hydrogen) atoms. The SMILES string of the molecule is CCC(CC)Cc1ccccc1C(N)=O. The number of rotatable bonds is 5. The first-order chi connectivity index (χ1) is 7.19. The minimum atomic E-state index is -0.323. The molecule has 82 valence electrons. The average Bonchev–Trinajstić information content (AvgIpc) is 2.26. The molecular formula is C13H19NO. The second-order valence-corrected chi connectivity index (χ2v) is 3.91. The van der Waals surface area contributed by atoms with Crippen molar-refractivity contribution in [1.29, 1.82) is 0 Å². The second kappa shape index (κ2) is 5.54. The Morgan fingerprint density at radius 3 is 2.40 bits per heavy atom. The molecule has 0 unspecified atom stereocenters. The Bertz CT molecular complexity index is 329. The van der Waals surface area contributed by atoms with E-state index in [9.17, 15) is 4.79 Å². The van der Waals surface area contributed by atoms with Gasteiger partial charge in [0.2, 0.25) is 5.91 Å². The van der Waals surface area contributed by atoms with E-state index in [2.05, 4.69) is 13.8 Å². The van der Waals surface area contributed by atoms with Crippen molar-refractivity contribution in [3.8, 4) is 0 Å². The van der Waals surface area contributed by atoms with E-state index in [1.165, 1.54) is 0 Å². The summed E-state index contributed by atoms with van der Waals surface area (Å²) >= 11 is 0. The fraction of sp³-hybridized carbons (Fsp3) is 0.462. The Kier molecular flexibility index (Phi) is 4.35. The predicted octanol–water partition coefficient (Wildman–Crippen LogP) is 2.76. The van der Waals surface area contributed by atoms with E-state index in [-0.39, 0.29) is 5.91 Å². The van der Waals surface area contributed by atoms with Gasteiger partial charge in [0.1, 0.15) is 0 Å². The Balaban J connectivity index is 2.88. The minimum Gasteiger partial charge on any atom is -0.366 e. The highest BCUT2D eigenvalue weighted by Gasteiger charge is 2.11. The summed E-state index contributed by atoms with van der Waals surface area (Å²) in [6.07, 6.45) is 3.24. The summed E-state index contributed by atoms with van der Waals surface area (Å²) in [5, 5.41) is 0. The number of carbonyl (C=O) groups is 1. The standard InChI is InChI=1S/C13H19NO/c1-3-10(4-2)9-11-7-5-6-8-12(11)13(14)15/h5-8,10H,3-4,9H2,1-2H3,(H2,14,15). The lowest BCUT2D eigenvalue weighted by Crippen LogP contribution is -2.15.